The van der Waals surface area contributed by atoms with Crippen LogP contribution in [-0.4, -0.2) is 69.5 Å². The molecular weight excluding hydrogens is 502 g/mol. The molecule has 3 atom stereocenters. The largest absolute Gasteiger partial charge is 0.334 e. The molecule has 2 aliphatic rings. The van der Waals surface area contributed by atoms with Gasteiger partial charge in [-0.1, -0.05) is 96.9 Å². The molecule has 0 bridgehead atoms. The molecule has 40 heavy (non-hydrogen) atoms. The van der Waals surface area contributed by atoms with Crippen molar-refractivity contribution in [3.05, 3.63) is 108 Å². The van der Waals surface area contributed by atoms with E-state index in [0.717, 1.165) is 16.7 Å². The molecule has 204 valence electrons. The first-order valence-electron chi connectivity index (χ1n) is 13.5. The van der Waals surface area contributed by atoms with E-state index in [2.05, 4.69) is 11.2 Å². The number of nitrogens with zero attached hydrogens (tertiary/aromatic N) is 4. The molecule has 3 aromatic carbocycles. The van der Waals surface area contributed by atoms with Gasteiger partial charge in [0.15, 0.2) is 0 Å². The highest BCUT2D eigenvalue weighted by atomic mass is 16.2. The lowest BCUT2D eigenvalue weighted by atomic mass is 9.96. The quantitative estimate of drug-likeness (QED) is 0.471. The Bertz CT molecular complexity index is 1380. The number of carbonyl (C=O) groups is 3. The molecule has 2 aliphatic heterocycles. The van der Waals surface area contributed by atoms with Crippen LogP contribution in [0.5, 0.6) is 0 Å². The van der Waals surface area contributed by atoms with E-state index in [1.807, 2.05) is 97.9 Å². The van der Waals surface area contributed by atoms with Gasteiger partial charge < -0.3 is 15.1 Å². The first kappa shape index (κ1) is 27.0. The van der Waals surface area contributed by atoms with E-state index in [-0.39, 0.29) is 43.5 Å². The van der Waals surface area contributed by atoms with Crippen molar-refractivity contribution >= 4 is 17.8 Å². The number of benzene rings is 3. The molecule has 2 fully saturated rings. The van der Waals surface area contributed by atoms with Crippen molar-refractivity contribution in [2.45, 2.75) is 38.1 Å². The van der Waals surface area contributed by atoms with Crippen molar-refractivity contribution in [3.63, 3.8) is 0 Å². The predicted molar refractivity (Wildman–Crippen MR) is 152 cm³/mol. The molecule has 3 aromatic rings. The summed E-state index contributed by atoms with van der Waals surface area (Å²) in [5.41, 5.74) is 2.86. The van der Waals surface area contributed by atoms with Gasteiger partial charge in [0.05, 0.1) is 25.7 Å². The predicted octanol–water partition coefficient (Wildman–Crippen LogP) is 3.43. The minimum absolute atomic E-state index is 0.0837. The maximum Gasteiger partial charge on any atom is 0.334 e. The zero-order chi connectivity index (χ0) is 28.1. The number of fused-ring (bicyclic) bond motifs is 1. The number of piperazine rings is 1. The summed E-state index contributed by atoms with van der Waals surface area (Å²) in [4.78, 5) is 44.9. The third-order valence-corrected chi connectivity index (χ3v) is 7.57. The van der Waals surface area contributed by atoms with Crippen molar-refractivity contribution < 1.29 is 14.4 Å². The highest BCUT2D eigenvalue weighted by Gasteiger charge is 2.52. The van der Waals surface area contributed by atoms with E-state index in [1.54, 1.807) is 19.8 Å². The third kappa shape index (κ3) is 5.56. The number of amides is 4. The lowest BCUT2D eigenvalue weighted by Crippen LogP contribution is -2.76. The van der Waals surface area contributed by atoms with Crippen LogP contribution in [0, 0.1) is 12.3 Å². The fraction of sp³-hybridized carbons (Fsp3) is 0.281. The van der Waals surface area contributed by atoms with Crippen molar-refractivity contribution in [1.82, 2.24) is 25.1 Å². The molecule has 0 aromatic heterocycles. The molecular formula is C32H33N5O3. The smallest absolute Gasteiger partial charge is 0.333 e. The summed E-state index contributed by atoms with van der Waals surface area (Å²) >= 11 is 0. The maximum atomic E-state index is 14.1. The Morgan fingerprint density at radius 3 is 2.17 bits per heavy atom. The van der Waals surface area contributed by atoms with Gasteiger partial charge in [0.2, 0.25) is 11.8 Å². The summed E-state index contributed by atoms with van der Waals surface area (Å²) in [7, 11) is 0. The van der Waals surface area contributed by atoms with Crippen molar-refractivity contribution in [1.29, 1.82) is 0 Å². The Morgan fingerprint density at radius 2 is 1.55 bits per heavy atom. The number of hydrogen-bond acceptors (Lipinski definition) is 4. The summed E-state index contributed by atoms with van der Waals surface area (Å²) in [5, 5.41) is 6.13. The van der Waals surface area contributed by atoms with Crippen LogP contribution >= 0.6 is 0 Å². The van der Waals surface area contributed by atoms with Crippen molar-refractivity contribution in [2.24, 2.45) is 0 Å². The Kier molecular flexibility index (Phi) is 8.13. The average molecular weight is 536 g/mol. The minimum atomic E-state index is -0.766. The van der Waals surface area contributed by atoms with Crippen LogP contribution in [0.1, 0.15) is 29.7 Å². The maximum absolute atomic E-state index is 14.1. The number of nitrogens with one attached hydrogen (secondary N) is 1. The van der Waals surface area contributed by atoms with E-state index in [9.17, 15) is 14.4 Å². The molecule has 0 radical (unpaired) electrons. The van der Waals surface area contributed by atoms with Crippen LogP contribution in [0.3, 0.4) is 0 Å². The topological polar surface area (TPSA) is 76.2 Å². The van der Waals surface area contributed by atoms with Crippen LogP contribution in [0.15, 0.2) is 91.0 Å². The highest BCUT2D eigenvalue weighted by Crippen LogP contribution is 2.32. The van der Waals surface area contributed by atoms with Gasteiger partial charge >= 0.3 is 6.03 Å². The Hall–Kier alpha value is -4.61. The molecule has 0 spiro atoms. The molecule has 0 unspecified atom stereocenters. The third-order valence-electron chi connectivity index (χ3n) is 7.57. The van der Waals surface area contributed by atoms with Crippen LogP contribution in [0.2, 0.25) is 0 Å². The molecule has 2 saturated heterocycles. The second-order valence-corrected chi connectivity index (χ2v) is 10.1. The van der Waals surface area contributed by atoms with E-state index in [0.29, 0.717) is 13.0 Å². The van der Waals surface area contributed by atoms with E-state index >= 15 is 0 Å². The van der Waals surface area contributed by atoms with Crippen molar-refractivity contribution in [3.8, 4) is 12.3 Å². The number of terminal acetylenes is 1. The van der Waals surface area contributed by atoms with Crippen LogP contribution in [0.25, 0.3) is 0 Å². The molecule has 0 aliphatic carbocycles. The molecule has 2 heterocycles. The van der Waals surface area contributed by atoms with Gasteiger partial charge in [0, 0.05) is 13.0 Å². The number of hydrazine groups is 1. The summed E-state index contributed by atoms with van der Waals surface area (Å²) < 4.78 is 0. The number of rotatable bonds is 7. The van der Waals surface area contributed by atoms with Gasteiger partial charge in [-0.3, -0.25) is 9.59 Å². The summed E-state index contributed by atoms with van der Waals surface area (Å²) in [6.45, 7) is 2.45. The molecule has 8 nitrogen and oxygen atoms in total. The minimum Gasteiger partial charge on any atom is -0.333 e. The first-order valence-corrected chi connectivity index (χ1v) is 13.5. The molecule has 5 rings (SSSR count). The number of carbonyl (C=O) groups excluding carboxylic acids is 3. The van der Waals surface area contributed by atoms with Crippen LogP contribution in [-0.2, 0) is 22.6 Å². The summed E-state index contributed by atoms with van der Waals surface area (Å²) in [6.07, 6.45) is 5.29. The summed E-state index contributed by atoms with van der Waals surface area (Å²) in [6, 6.07) is 27.6. The Morgan fingerprint density at radius 1 is 0.950 bits per heavy atom. The van der Waals surface area contributed by atoms with E-state index < -0.39 is 12.2 Å². The number of hydrogen-bond donors (Lipinski definition) is 1. The van der Waals surface area contributed by atoms with Gasteiger partial charge in [-0.15, -0.1) is 6.42 Å². The number of urea groups is 1. The highest BCUT2D eigenvalue weighted by molar-refractivity contribution is 5.92. The van der Waals surface area contributed by atoms with Gasteiger partial charge in [0.25, 0.3) is 0 Å². The second kappa shape index (κ2) is 12.1. The van der Waals surface area contributed by atoms with Gasteiger partial charge in [-0.25, -0.2) is 9.80 Å². The molecule has 1 N–H and O–H groups in total. The van der Waals surface area contributed by atoms with E-state index in [4.69, 9.17) is 6.42 Å². The monoisotopic (exact) mass is 535 g/mol. The van der Waals surface area contributed by atoms with Crippen molar-refractivity contribution in [2.75, 3.05) is 19.6 Å². The first-order chi connectivity index (χ1) is 19.5. The Labute approximate surface area is 235 Å². The second-order valence-electron chi connectivity index (χ2n) is 10.1. The van der Waals surface area contributed by atoms with Gasteiger partial charge in [0.1, 0.15) is 12.2 Å². The Balaban J connectivity index is 1.51. The lowest BCUT2D eigenvalue weighted by molar-refractivity contribution is -0.190. The fourth-order valence-electron chi connectivity index (χ4n) is 5.55. The zero-order valence-corrected chi connectivity index (χ0v) is 22.5. The lowest BCUT2D eigenvalue weighted by Gasteiger charge is -2.55. The SMILES string of the molecule is C#CCN1CC(=O)N2[C@@H](Cc3ccccc3)C(=O)N([C@@H](C)c3ccccc3)C[C@@H]2N1C(=O)NCc1ccccc1. The van der Waals surface area contributed by atoms with Crippen LogP contribution < -0.4 is 5.32 Å². The fourth-order valence-corrected chi connectivity index (χ4v) is 5.55. The standard InChI is InChI=1S/C32H33N5O3/c1-3-19-34-23-30(38)36-28(20-25-13-7-4-8-14-25)31(39)35(24(2)27-17-11-6-12-18-27)22-29(36)37(34)32(40)33-21-26-15-9-5-10-16-26/h1,4-18,24,28-29H,19-23H2,2H3,(H,33,40)/t24-,28-,29-/m0/s1. The average Bonchev–Trinajstić information content (AvgIpc) is 2.98. The summed E-state index contributed by atoms with van der Waals surface area (Å²) in [5.74, 6) is 2.22. The normalized spacial score (nSPS) is 20.1. The van der Waals surface area contributed by atoms with Crippen LogP contribution in [0.4, 0.5) is 4.79 Å². The van der Waals surface area contributed by atoms with E-state index in [1.165, 1.54) is 0 Å². The zero-order valence-electron chi connectivity index (χ0n) is 22.5. The van der Waals surface area contributed by atoms with Gasteiger partial charge in [-0.05, 0) is 23.6 Å². The molecule has 4 amide bonds. The van der Waals surface area contributed by atoms with Gasteiger partial charge in [-0.2, -0.15) is 5.01 Å². The molecule has 8 heteroatoms. The molecule has 0 saturated carbocycles.